The van der Waals surface area contributed by atoms with Gasteiger partial charge >= 0.3 is 0 Å². The number of piperidine rings is 2. The SMILES string of the molecule is CN1CC=C(c2nc(C(=O)NCN3CCN(C4CCN(c5ccc(Nc6nc(NC7CCOCC7)c(-c7ccc(C(F)F)cc7)nc6C(N)=O)cc5)CC4)CC3)c(Nc3ccc(N4CCC(N5CCN(C)CC5)CC4)cc3)nc2NC2CCOCC2)CC1. The summed E-state index contributed by atoms with van der Waals surface area (Å²) >= 11 is 0. The number of rotatable bonds is 19. The maximum Gasteiger partial charge on any atom is 0.274 e. The number of carbonyl (C=O) groups excluding carboxylic acids is 2. The second kappa shape index (κ2) is 28.6. The predicted molar refractivity (Wildman–Crippen MR) is 342 cm³/mol. The van der Waals surface area contributed by atoms with Crippen molar-refractivity contribution < 1.29 is 27.8 Å². The summed E-state index contributed by atoms with van der Waals surface area (Å²) < 4.78 is 38.2. The second-order valence-corrected chi connectivity index (χ2v) is 24.8. The number of halogens is 2. The van der Waals surface area contributed by atoms with Gasteiger partial charge in [-0.05, 0) is 126 Å². The van der Waals surface area contributed by atoms with E-state index in [0.29, 0.717) is 79.6 Å². The molecule has 0 unspecified atom stereocenters. The molecule has 7 N–H and O–H groups in total. The lowest BCUT2D eigenvalue weighted by molar-refractivity contribution is 0.0729. The van der Waals surface area contributed by atoms with E-state index in [0.717, 1.165) is 159 Å². The van der Waals surface area contributed by atoms with E-state index in [1.807, 2.05) is 12.1 Å². The van der Waals surface area contributed by atoms with Gasteiger partial charge in [0, 0.05) is 176 Å². The molecule has 2 amide bonds. The van der Waals surface area contributed by atoms with Gasteiger partial charge < -0.3 is 61.4 Å². The van der Waals surface area contributed by atoms with Crippen molar-refractivity contribution in [3.05, 3.63) is 102 Å². The number of amides is 2. The van der Waals surface area contributed by atoms with Crippen LogP contribution in [0.1, 0.15) is 96.4 Å². The Kier molecular flexibility index (Phi) is 19.9. The van der Waals surface area contributed by atoms with Crippen LogP contribution < -0.4 is 42.1 Å². The molecular weight excluding hydrogens is 1120 g/mol. The number of primary amides is 1. The molecule has 23 heteroatoms. The summed E-state index contributed by atoms with van der Waals surface area (Å²) in [5.74, 6) is 0.711. The average Bonchev–Trinajstić information content (AvgIpc) is 1.70. The zero-order valence-corrected chi connectivity index (χ0v) is 51.1. The maximum absolute atomic E-state index is 14.6. The van der Waals surface area contributed by atoms with Gasteiger partial charge in [0.25, 0.3) is 18.2 Å². The Morgan fingerprint density at radius 1 is 0.557 bits per heavy atom. The van der Waals surface area contributed by atoms with Crippen molar-refractivity contribution in [1.29, 1.82) is 0 Å². The molecule has 12 rings (SSSR count). The van der Waals surface area contributed by atoms with E-state index < -0.39 is 12.3 Å². The largest absolute Gasteiger partial charge is 0.381 e. The van der Waals surface area contributed by atoms with Gasteiger partial charge in [-0.15, -0.1) is 0 Å². The zero-order valence-electron chi connectivity index (χ0n) is 51.1. The lowest BCUT2D eigenvalue weighted by Gasteiger charge is -2.43. The Balaban J connectivity index is 0.665. The number of carbonyl (C=O) groups is 2. The van der Waals surface area contributed by atoms with Crippen LogP contribution in [0, 0.1) is 0 Å². The average molecular weight is 1210 g/mol. The Bertz CT molecular complexity index is 3170. The van der Waals surface area contributed by atoms with E-state index >= 15 is 0 Å². The van der Waals surface area contributed by atoms with Crippen LogP contribution >= 0.6 is 0 Å². The number of likely N-dealkylation sites (N-methyl/N-ethyl adjacent to an activating group) is 2. The minimum absolute atomic E-state index is 0.0407. The number of nitrogens with two attached hydrogens (primary N) is 1. The summed E-state index contributed by atoms with van der Waals surface area (Å²) in [4.78, 5) is 64.8. The third kappa shape index (κ3) is 15.1. The summed E-state index contributed by atoms with van der Waals surface area (Å²) in [5, 5.41) is 17.4. The molecule has 2 aromatic heterocycles. The molecular formula is C65H87F2N17O4. The molecule has 6 fully saturated rings. The number of aromatic nitrogens is 4. The van der Waals surface area contributed by atoms with Crippen molar-refractivity contribution in [2.75, 3.05) is 170 Å². The Hall–Kier alpha value is -7.12. The zero-order chi connectivity index (χ0) is 60.5. The van der Waals surface area contributed by atoms with Gasteiger partial charge in [0.05, 0.1) is 6.67 Å². The Labute approximate surface area is 515 Å². The van der Waals surface area contributed by atoms with Crippen molar-refractivity contribution in [3.63, 3.8) is 0 Å². The first kappa shape index (κ1) is 61.1. The van der Waals surface area contributed by atoms with E-state index in [-0.39, 0.29) is 40.8 Å². The molecule has 6 saturated heterocycles. The molecule has 21 nitrogen and oxygen atoms in total. The highest BCUT2D eigenvalue weighted by molar-refractivity contribution is 5.99. The van der Waals surface area contributed by atoms with Crippen LogP contribution in [0.3, 0.4) is 0 Å². The summed E-state index contributed by atoms with van der Waals surface area (Å²) in [7, 11) is 4.34. The number of nitrogens with zero attached hydrogens (tertiary/aromatic N) is 11. The molecule has 470 valence electrons. The van der Waals surface area contributed by atoms with E-state index in [9.17, 15) is 18.4 Å². The quantitative estimate of drug-likeness (QED) is 0.0471. The standard InChI is InChI=1S/C65H87F2N17O4/c1-78-25-15-45(16-26-78)56-62(73-50-23-41-88-42-24-50)77-64(71-48-9-13-52(14-10-48)81-27-17-53(18-28-81)83-35-31-79(2)32-36-83)58(75-56)65(86)69-43-80-33-37-84(38-34-80)54-19-29-82(30-20-54)51-11-7-47(8-12-51)70-63-57(60(68)85)74-55(44-3-5-46(6-4-44)59(66)67)61(76-63)72-49-21-39-87-40-22-49/h3-15,49-50,53-54,59H,16-43H2,1-2H3,(H2,68,85)(H,69,86)(H2,70,72,76)(H2,71,73,77). The highest BCUT2D eigenvalue weighted by Gasteiger charge is 2.32. The first-order valence-corrected chi connectivity index (χ1v) is 31.9. The smallest absolute Gasteiger partial charge is 0.274 e. The Morgan fingerprint density at radius 2 is 1.05 bits per heavy atom. The van der Waals surface area contributed by atoms with Gasteiger partial charge in [0.15, 0.2) is 34.7 Å². The number of hydrogen-bond acceptors (Lipinski definition) is 19. The van der Waals surface area contributed by atoms with Crippen LogP contribution in [-0.2, 0) is 9.47 Å². The van der Waals surface area contributed by atoms with Gasteiger partial charge in [0.2, 0.25) is 0 Å². The molecule has 0 aliphatic carbocycles. The molecule has 0 radical (unpaired) electrons. The van der Waals surface area contributed by atoms with Gasteiger partial charge in [0.1, 0.15) is 11.4 Å². The van der Waals surface area contributed by atoms with E-state index in [1.54, 1.807) is 12.1 Å². The minimum atomic E-state index is -2.62. The van der Waals surface area contributed by atoms with Crippen LogP contribution in [0.4, 0.5) is 54.8 Å². The van der Waals surface area contributed by atoms with Crippen LogP contribution in [0.15, 0.2) is 78.9 Å². The summed E-state index contributed by atoms with van der Waals surface area (Å²) in [5.41, 5.74) is 12.6. The van der Waals surface area contributed by atoms with Gasteiger partial charge in [-0.2, -0.15) is 0 Å². The van der Waals surface area contributed by atoms with E-state index in [2.05, 4.69) is 122 Å². The number of piperazine rings is 2. The second-order valence-electron chi connectivity index (χ2n) is 24.8. The molecule has 7 aliphatic heterocycles. The molecule has 0 atom stereocenters. The number of benzene rings is 3. The maximum atomic E-state index is 14.6. The molecule has 5 aromatic rings. The van der Waals surface area contributed by atoms with E-state index in [1.165, 1.54) is 30.7 Å². The molecule has 9 heterocycles. The first-order chi connectivity index (χ1) is 42.9. The summed E-state index contributed by atoms with van der Waals surface area (Å²) in [6.45, 7) is 16.6. The highest BCUT2D eigenvalue weighted by Crippen LogP contribution is 2.35. The van der Waals surface area contributed by atoms with Crippen molar-refractivity contribution >= 4 is 63.4 Å². The highest BCUT2D eigenvalue weighted by atomic mass is 19.3. The number of nitrogens with one attached hydrogen (secondary N) is 5. The lowest BCUT2D eigenvalue weighted by Crippen LogP contribution is -2.54. The Morgan fingerprint density at radius 3 is 1.53 bits per heavy atom. The fourth-order valence-electron chi connectivity index (χ4n) is 13.3. The molecule has 0 spiro atoms. The third-order valence-corrected chi connectivity index (χ3v) is 18.9. The van der Waals surface area contributed by atoms with Gasteiger partial charge in [-0.3, -0.25) is 24.3 Å². The van der Waals surface area contributed by atoms with Gasteiger partial charge in [-0.1, -0.05) is 30.3 Å². The normalized spacial score (nSPS) is 20.7. The van der Waals surface area contributed by atoms with E-state index in [4.69, 9.17) is 30.2 Å². The molecule has 88 heavy (non-hydrogen) atoms. The van der Waals surface area contributed by atoms with Crippen LogP contribution in [0.2, 0.25) is 0 Å². The number of anilines is 8. The predicted octanol–water partition coefficient (Wildman–Crippen LogP) is 7.55. The summed E-state index contributed by atoms with van der Waals surface area (Å²) in [6.07, 6.45) is 8.04. The van der Waals surface area contributed by atoms with Crippen LogP contribution in [0.5, 0.6) is 0 Å². The van der Waals surface area contributed by atoms with Crippen molar-refractivity contribution in [2.45, 2.75) is 88.4 Å². The number of alkyl halides is 2. The number of ether oxygens (including phenoxy) is 2. The topological polar surface area (TPSA) is 213 Å². The van der Waals surface area contributed by atoms with Gasteiger partial charge in [-0.25, -0.2) is 28.7 Å². The summed E-state index contributed by atoms with van der Waals surface area (Å²) in [6, 6.07) is 23.8. The fraction of sp³-hybridized carbons (Fsp3) is 0.538. The molecule has 0 saturated carbocycles. The van der Waals surface area contributed by atoms with Crippen molar-refractivity contribution in [2.24, 2.45) is 5.73 Å². The molecule has 7 aliphatic rings. The number of hydrogen-bond donors (Lipinski definition) is 6. The molecule has 0 bridgehead atoms. The van der Waals surface area contributed by atoms with Crippen LogP contribution in [0.25, 0.3) is 16.8 Å². The van der Waals surface area contributed by atoms with Crippen molar-refractivity contribution in [3.8, 4) is 11.3 Å². The lowest BCUT2D eigenvalue weighted by atomic mass is 10.0. The first-order valence-electron chi connectivity index (χ1n) is 31.9. The molecule has 3 aromatic carbocycles. The fourth-order valence-corrected chi connectivity index (χ4v) is 13.3. The van der Waals surface area contributed by atoms with Crippen molar-refractivity contribution in [1.82, 2.24) is 49.8 Å². The monoisotopic (exact) mass is 1210 g/mol. The minimum Gasteiger partial charge on any atom is -0.381 e. The third-order valence-electron chi connectivity index (χ3n) is 18.9. The van der Waals surface area contributed by atoms with Crippen LogP contribution in [-0.4, -0.2) is 219 Å².